The molecule has 0 radical (unpaired) electrons. The summed E-state index contributed by atoms with van der Waals surface area (Å²) < 4.78 is 1.79. The van der Waals surface area contributed by atoms with Gasteiger partial charge in [-0.05, 0) is 24.1 Å². The van der Waals surface area contributed by atoms with Crippen LogP contribution in [0.2, 0.25) is 0 Å². The molecule has 142 valence electrons. The molecule has 3 aromatic rings. The summed E-state index contributed by atoms with van der Waals surface area (Å²) in [6.07, 6.45) is 3.86. The topological polar surface area (TPSA) is 97.0 Å². The van der Waals surface area contributed by atoms with Gasteiger partial charge in [0.2, 0.25) is 5.91 Å². The number of hydrogen-bond acceptors (Lipinski definition) is 4. The highest BCUT2D eigenvalue weighted by Gasteiger charge is 2.13. The lowest BCUT2D eigenvalue weighted by atomic mass is 10.1. The van der Waals surface area contributed by atoms with Crippen molar-refractivity contribution in [3.8, 4) is 0 Å². The van der Waals surface area contributed by atoms with E-state index in [1.807, 2.05) is 19.4 Å². The number of H-pyrrole nitrogens is 1. The Morgan fingerprint density at radius 1 is 1.30 bits per heavy atom. The van der Waals surface area contributed by atoms with E-state index < -0.39 is 5.91 Å². The summed E-state index contributed by atoms with van der Waals surface area (Å²) >= 11 is 0. The fourth-order valence-corrected chi connectivity index (χ4v) is 3.29. The number of aromatic amines is 1. The first-order valence-electron chi connectivity index (χ1n) is 8.97. The van der Waals surface area contributed by atoms with Crippen LogP contribution in [0.1, 0.15) is 35.5 Å². The molecule has 0 saturated carbocycles. The van der Waals surface area contributed by atoms with E-state index in [9.17, 15) is 9.59 Å². The number of primary amides is 1. The Labute approximate surface area is 157 Å². The molecular formula is C20H25N5O2. The Bertz CT molecular complexity index is 1020. The molecule has 0 aliphatic carbocycles. The summed E-state index contributed by atoms with van der Waals surface area (Å²) in [5.74, 6) is -0.0491. The fraction of sp³-hybridized carbons (Fsp3) is 0.350. The molecule has 3 N–H and O–H groups in total. The third-order valence-corrected chi connectivity index (χ3v) is 4.35. The van der Waals surface area contributed by atoms with Crippen molar-refractivity contribution in [1.29, 1.82) is 0 Å². The third-order valence-electron chi connectivity index (χ3n) is 4.35. The number of carbonyl (C=O) groups excluding carboxylic acids is 1. The van der Waals surface area contributed by atoms with Gasteiger partial charge in [-0.3, -0.25) is 19.2 Å². The Morgan fingerprint density at radius 2 is 2.07 bits per heavy atom. The maximum atomic E-state index is 12.5. The van der Waals surface area contributed by atoms with Gasteiger partial charge in [0.1, 0.15) is 0 Å². The molecule has 2 heterocycles. The van der Waals surface area contributed by atoms with Gasteiger partial charge < -0.3 is 10.7 Å². The van der Waals surface area contributed by atoms with Gasteiger partial charge in [0.05, 0.1) is 6.20 Å². The maximum absolute atomic E-state index is 12.5. The Morgan fingerprint density at radius 3 is 2.70 bits per heavy atom. The van der Waals surface area contributed by atoms with Gasteiger partial charge >= 0.3 is 0 Å². The molecule has 2 aromatic heterocycles. The van der Waals surface area contributed by atoms with Gasteiger partial charge in [-0.1, -0.05) is 13.8 Å². The minimum atomic E-state index is -0.542. The molecule has 0 aliphatic heterocycles. The lowest BCUT2D eigenvalue weighted by Gasteiger charge is -2.23. The number of benzene rings is 1. The van der Waals surface area contributed by atoms with Gasteiger partial charge in [-0.15, -0.1) is 0 Å². The van der Waals surface area contributed by atoms with E-state index in [-0.39, 0.29) is 5.43 Å². The molecule has 27 heavy (non-hydrogen) atoms. The van der Waals surface area contributed by atoms with E-state index in [1.165, 1.54) is 0 Å². The van der Waals surface area contributed by atoms with E-state index in [2.05, 4.69) is 28.8 Å². The summed E-state index contributed by atoms with van der Waals surface area (Å²) in [7, 11) is 1.90. The first-order chi connectivity index (χ1) is 12.8. The van der Waals surface area contributed by atoms with Crippen LogP contribution >= 0.6 is 0 Å². The van der Waals surface area contributed by atoms with Crippen LogP contribution < -0.4 is 11.2 Å². The van der Waals surface area contributed by atoms with Crippen LogP contribution in [0.25, 0.3) is 10.9 Å². The molecular weight excluding hydrogens is 342 g/mol. The van der Waals surface area contributed by atoms with Gasteiger partial charge in [-0.2, -0.15) is 5.10 Å². The number of nitrogens with one attached hydrogen (secondary N) is 1. The molecule has 0 atom stereocenters. The van der Waals surface area contributed by atoms with Gasteiger partial charge in [0.25, 0.3) is 0 Å². The van der Waals surface area contributed by atoms with Gasteiger partial charge in [0.15, 0.2) is 5.43 Å². The van der Waals surface area contributed by atoms with Crippen molar-refractivity contribution in [2.75, 3.05) is 6.54 Å². The zero-order valence-corrected chi connectivity index (χ0v) is 15.9. The molecule has 0 aliphatic rings. The van der Waals surface area contributed by atoms with Crippen molar-refractivity contribution in [2.45, 2.75) is 26.9 Å². The minimum absolute atomic E-state index is 0.118. The zero-order valence-electron chi connectivity index (χ0n) is 15.9. The number of nitrogens with zero attached hydrogens (tertiary/aromatic N) is 3. The molecule has 0 spiro atoms. The molecule has 0 fully saturated rings. The molecule has 1 amide bonds. The van der Waals surface area contributed by atoms with E-state index in [0.29, 0.717) is 28.9 Å². The average molecular weight is 367 g/mol. The molecule has 7 heteroatoms. The normalized spacial score (nSPS) is 11.6. The van der Waals surface area contributed by atoms with Crippen molar-refractivity contribution in [1.82, 2.24) is 19.7 Å². The number of nitrogens with two attached hydrogens (primary N) is 1. The number of aromatic nitrogens is 3. The third kappa shape index (κ3) is 4.62. The standard InChI is InChI=1S/C20H25N5O2/c1-13(2)9-25(11-14-8-22-24(3)10-14)12-16-7-19(26)17-6-15(20(21)27)4-5-18(17)23-16/h4-8,10,13H,9,11-12H2,1-3H3,(H2,21,27)(H,23,26). The van der Waals surface area contributed by atoms with Crippen LogP contribution in [0.3, 0.4) is 0 Å². The molecule has 0 bridgehead atoms. The second-order valence-electron chi connectivity index (χ2n) is 7.37. The smallest absolute Gasteiger partial charge is 0.248 e. The molecule has 0 saturated heterocycles. The van der Waals surface area contributed by atoms with Gasteiger partial charge in [-0.25, -0.2) is 0 Å². The number of rotatable bonds is 7. The van der Waals surface area contributed by atoms with Crippen LogP contribution in [0.4, 0.5) is 0 Å². The van der Waals surface area contributed by atoms with Crippen LogP contribution in [0.5, 0.6) is 0 Å². The molecule has 7 nitrogen and oxygen atoms in total. The lowest BCUT2D eigenvalue weighted by molar-refractivity contribution is 0.100. The van der Waals surface area contributed by atoms with Crippen molar-refractivity contribution in [3.05, 3.63) is 63.7 Å². The number of carbonyl (C=O) groups is 1. The zero-order chi connectivity index (χ0) is 19.6. The van der Waals surface area contributed by atoms with E-state index in [4.69, 9.17) is 5.73 Å². The SMILES string of the molecule is CC(C)CN(Cc1cnn(C)c1)Cc1cc(=O)c2cc(C(N)=O)ccc2[nH]1. The highest BCUT2D eigenvalue weighted by molar-refractivity contribution is 5.96. The fourth-order valence-electron chi connectivity index (χ4n) is 3.29. The van der Waals surface area contributed by atoms with Crippen LogP contribution in [0, 0.1) is 5.92 Å². The number of fused-ring (bicyclic) bond motifs is 1. The number of hydrogen-bond donors (Lipinski definition) is 2. The maximum Gasteiger partial charge on any atom is 0.248 e. The minimum Gasteiger partial charge on any atom is -0.366 e. The summed E-state index contributed by atoms with van der Waals surface area (Å²) in [6.45, 7) is 6.62. The van der Waals surface area contributed by atoms with Crippen molar-refractivity contribution >= 4 is 16.8 Å². The predicted molar refractivity (Wildman–Crippen MR) is 105 cm³/mol. The van der Waals surface area contributed by atoms with Gasteiger partial charge in [0, 0.05) is 66.7 Å². The highest BCUT2D eigenvalue weighted by Crippen LogP contribution is 2.14. The largest absolute Gasteiger partial charge is 0.366 e. The quantitative estimate of drug-likeness (QED) is 0.668. The monoisotopic (exact) mass is 367 g/mol. The molecule has 1 aromatic carbocycles. The summed E-state index contributed by atoms with van der Waals surface area (Å²) in [5.41, 5.74) is 8.19. The second-order valence-corrected chi connectivity index (χ2v) is 7.37. The van der Waals surface area contributed by atoms with E-state index >= 15 is 0 Å². The first-order valence-corrected chi connectivity index (χ1v) is 8.97. The van der Waals surface area contributed by atoms with Crippen LogP contribution in [-0.4, -0.2) is 32.1 Å². The number of aryl methyl sites for hydroxylation is 1. The molecule has 0 unspecified atom stereocenters. The van der Waals surface area contributed by atoms with Crippen molar-refractivity contribution in [2.24, 2.45) is 18.7 Å². The molecule has 3 rings (SSSR count). The second kappa shape index (κ2) is 7.75. The number of amides is 1. The first kappa shape index (κ1) is 18.8. The summed E-state index contributed by atoms with van der Waals surface area (Å²) in [5, 5.41) is 4.70. The van der Waals surface area contributed by atoms with E-state index in [1.54, 1.807) is 28.9 Å². The Hall–Kier alpha value is -2.93. The van der Waals surface area contributed by atoms with Crippen molar-refractivity contribution < 1.29 is 4.79 Å². The average Bonchev–Trinajstić information content (AvgIpc) is 2.98. The van der Waals surface area contributed by atoms with Crippen LogP contribution in [0.15, 0.2) is 41.5 Å². The lowest BCUT2D eigenvalue weighted by Crippen LogP contribution is -2.28. The Balaban J connectivity index is 1.88. The Kier molecular flexibility index (Phi) is 5.41. The highest BCUT2D eigenvalue weighted by atomic mass is 16.1. The predicted octanol–water partition coefficient (Wildman–Crippen LogP) is 2.02. The van der Waals surface area contributed by atoms with Crippen molar-refractivity contribution in [3.63, 3.8) is 0 Å². The van der Waals surface area contributed by atoms with Crippen LogP contribution in [-0.2, 0) is 20.1 Å². The summed E-state index contributed by atoms with van der Waals surface area (Å²) in [4.78, 5) is 29.5. The summed E-state index contributed by atoms with van der Waals surface area (Å²) in [6, 6.07) is 6.51. The number of pyridine rings is 1. The van der Waals surface area contributed by atoms with E-state index in [0.717, 1.165) is 24.3 Å².